The summed E-state index contributed by atoms with van der Waals surface area (Å²) >= 11 is 0. The summed E-state index contributed by atoms with van der Waals surface area (Å²) in [5, 5.41) is 0. The Hall–Kier alpha value is -1.57. The molecule has 114 valence electrons. The smallest absolute Gasteiger partial charge is 0.335 e. The van der Waals surface area contributed by atoms with Crippen molar-refractivity contribution in [2.45, 2.75) is 52.4 Å². The van der Waals surface area contributed by atoms with Crippen LogP contribution < -0.4 is 4.74 Å². The van der Waals surface area contributed by atoms with Gasteiger partial charge in [0.05, 0.1) is 0 Å². The fourth-order valence-corrected chi connectivity index (χ4v) is 3.26. The maximum atomic E-state index is 11.2. The molecule has 0 N–H and O–H groups in total. The molecule has 0 spiro atoms. The monoisotopic (exact) mass is 286 g/mol. The minimum absolute atomic E-state index is 0.409. The molecule has 0 saturated heterocycles. The Labute approximate surface area is 128 Å². The molecule has 1 aromatic rings. The number of ether oxygens (including phenoxy) is 1. The van der Waals surface area contributed by atoms with Crippen LogP contribution in [-0.4, -0.2) is 5.97 Å². The van der Waals surface area contributed by atoms with Gasteiger partial charge < -0.3 is 4.74 Å². The third-order valence-corrected chi connectivity index (χ3v) is 4.69. The van der Waals surface area contributed by atoms with E-state index < -0.39 is 5.97 Å². The van der Waals surface area contributed by atoms with Crippen LogP contribution in [0.5, 0.6) is 5.75 Å². The molecule has 1 aliphatic rings. The molecule has 1 aromatic carbocycles. The van der Waals surface area contributed by atoms with Gasteiger partial charge in [0.1, 0.15) is 5.75 Å². The number of rotatable bonds is 3. The van der Waals surface area contributed by atoms with Gasteiger partial charge in [-0.1, -0.05) is 39.5 Å². The van der Waals surface area contributed by atoms with Crippen LogP contribution in [0.4, 0.5) is 0 Å². The van der Waals surface area contributed by atoms with Crippen LogP contribution in [0, 0.1) is 11.3 Å². The molecule has 2 heteroatoms. The number of carbonyl (C=O) groups excluding carboxylic acids is 1. The van der Waals surface area contributed by atoms with Crippen LogP contribution in [0.25, 0.3) is 0 Å². The van der Waals surface area contributed by atoms with Crippen LogP contribution >= 0.6 is 0 Å². The Morgan fingerprint density at radius 2 is 1.71 bits per heavy atom. The lowest BCUT2D eigenvalue weighted by Gasteiger charge is -2.37. The van der Waals surface area contributed by atoms with Gasteiger partial charge in [0.25, 0.3) is 0 Å². The van der Waals surface area contributed by atoms with Gasteiger partial charge in [-0.2, -0.15) is 0 Å². The molecule has 0 heterocycles. The second-order valence-corrected chi connectivity index (χ2v) is 7.11. The average Bonchev–Trinajstić information content (AvgIpc) is 2.47. The maximum Gasteiger partial charge on any atom is 0.335 e. The Bertz CT molecular complexity index is 485. The molecule has 0 aromatic heterocycles. The zero-order valence-electron chi connectivity index (χ0n) is 13.4. The standard InChI is InChI=1S/C19H26O2/c1-5-18(20)21-17-12-8-15(9-13-17)14-6-10-16(11-7-14)19(2,3)4/h5,8-9,12-14,16H,1,6-7,10-11H2,2-4H3. The molecule has 0 radical (unpaired) electrons. The molecule has 0 amide bonds. The van der Waals surface area contributed by atoms with Crippen molar-refractivity contribution in [2.24, 2.45) is 11.3 Å². The van der Waals surface area contributed by atoms with Gasteiger partial charge in [-0.15, -0.1) is 0 Å². The largest absolute Gasteiger partial charge is 0.423 e. The molecule has 0 atom stereocenters. The van der Waals surface area contributed by atoms with E-state index in [0.717, 1.165) is 5.92 Å². The molecule has 2 rings (SSSR count). The minimum atomic E-state index is -0.409. The van der Waals surface area contributed by atoms with Crippen LogP contribution in [0.15, 0.2) is 36.9 Å². The zero-order valence-corrected chi connectivity index (χ0v) is 13.4. The zero-order chi connectivity index (χ0) is 15.5. The topological polar surface area (TPSA) is 26.3 Å². The summed E-state index contributed by atoms with van der Waals surface area (Å²) in [4.78, 5) is 11.2. The first-order valence-electron chi connectivity index (χ1n) is 7.84. The van der Waals surface area contributed by atoms with Gasteiger partial charge in [0.2, 0.25) is 0 Å². The quantitative estimate of drug-likeness (QED) is 0.439. The fraction of sp³-hybridized carbons (Fsp3) is 0.526. The van der Waals surface area contributed by atoms with Gasteiger partial charge >= 0.3 is 5.97 Å². The number of esters is 1. The van der Waals surface area contributed by atoms with Crippen LogP contribution in [-0.2, 0) is 4.79 Å². The maximum absolute atomic E-state index is 11.2. The minimum Gasteiger partial charge on any atom is -0.423 e. The van der Waals surface area contributed by atoms with Crippen molar-refractivity contribution in [2.75, 3.05) is 0 Å². The summed E-state index contributed by atoms with van der Waals surface area (Å²) in [5.74, 6) is 1.66. The van der Waals surface area contributed by atoms with Crippen molar-refractivity contribution < 1.29 is 9.53 Å². The molecular weight excluding hydrogens is 260 g/mol. The first-order chi connectivity index (χ1) is 9.90. The molecule has 0 bridgehead atoms. The number of benzene rings is 1. The molecule has 1 saturated carbocycles. The van der Waals surface area contributed by atoms with Crippen LogP contribution in [0.3, 0.4) is 0 Å². The summed E-state index contributed by atoms with van der Waals surface area (Å²) in [6, 6.07) is 7.95. The van der Waals surface area contributed by atoms with Crippen LogP contribution in [0.1, 0.15) is 57.9 Å². The van der Waals surface area contributed by atoms with Crippen molar-refractivity contribution in [3.05, 3.63) is 42.5 Å². The number of hydrogen-bond acceptors (Lipinski definition) is 2. The Balaban J connectivity index is 1.95. The Morgan fingerprint density at radius 1 is 1.14 bits per heavy atom. The lowest BCUT2D eigenvalue weighted by Crippen LogP contribution is -2.25. The van der Waals surface area contributed by atoms with Gasteiger partial charge in [0, 0.05) is 6.08 Å². The second-order valence-electron chi connectivity index (χ2n) is 7.11. The second kappa shape index (κ2) is 6.46. The van der Waals surface area contributed by atoms with E-state index in [1.807, 2.05) is 12.1 Å². The SMILES string of the molecule is C=CC(=O)Oc1ccc(C2CCC(C(C)(C)C)CC2)cc1. The summed E-state index contributed by atoms with van der Waals surface area (Å²) in [6.07, 6.45) is 6.31. The van der Waals surface area contributed by atoms with Crippen molar-refractivity contribution in [1.82, 2.24) is 0 Å². The van der Waals surface area contributed by atoms with Crippen molar-refractivity contribution in [3.63, 3.8) is 0 Å². The van der Waals surface area contributed by atoms with Crippen molar-refractivity contribution in [1.29, 1.82) is 0 Å². The molecule has 21 heavy (non-hydrogen) atoms. The fourth-order valence-electron chi connectivity index (χ4n) is 3.26. The van der Waals surface area contributed by atoms with E-state index in [2.05, 4.69) is 39.5 Å². The van der Waals surface area contributed by atoms with Crippen molar-refractivity contribution in [3.8, 4) is 5.75 Å². The Kier molecular flexibility index (Phi) is 4.87. The summed E-state index contributed by atoms with van der Waals surface area (Å²) in [6.45, 7) is 10.4. The first kappa shape index (κ1) is 15.8. The normalized spacial score (nSPS) is 22.6. The summed E-state index contributed by atoms with van der Waals surface area (Å²) in [7, 11) is 0. The van der Waals surface area contributed by atoms with E-state index in [4.69, 9.17) is 4.74 Å². The number of hydrogen-bond donors (Lipinski definition) is 0. The molecule has 0 aliphatic heterocycles. The van der Waals surface area contributed by atoms with E-state index in [1.54, 1.807) is 0 Å². The highest BCUT2D eigenvalue weighted by Crippen LogP contribution is 2.43. The Morgan fingerprint density at radius 3 is 2.19 bits per heavy atom. The van der Waals surface area contributed by atoms with E-state index in [1.165, 1.54) is 37.3 Å². The van der Waals surface area contributed by atoms with Crippen LogP contribution in [0.2, 0.25) is 0 Å². The predicted molar refractivity (Wildman–Crippen MR) is 86.4 cm³/mol. The van der Waals surface area contributed by atoms with Gasteiger partial charge in [-0.3, -0.25) is 0 Å². The molecule has 1 fully saturated rings. The summed E-state index contributed by atoms with van der Waals surface area (Å²) < 4.78 is 5.11. The third-order valence-electron chi connectivity index (χ3n) is 4.69. The molecule has 2 nitrogen and oxygen atoms in total. The average molecular weight is 286 g/mol. The highest BCUT2D eigenvalue weighted by atomic mass is 16.5. The number of carbonyl (C=O) groups is 1. The molecular formula is C19H26O2. The highest BCUT2D eigenvalue weighted by Gasteiger charge is 2.30. The van der Waals surface area contributed by atoms with Crippen molar-refractivity contribution >= 4 is 5.97 Å². The van der Waals surface area contributed by atoms with E-state index in [9.17, 15) is 4.79 Å². The van der Waals surface area contributed by atoms with E-state index in [-0.39, 0.29) is 0 Å². The van der Waals surface area contributed by atoms with E-state index in [0.29, 0.717) is 17.1 Å². The van der Waals surface area contributed by atoms with Gasteiger partial charge in [-0.25, -0.2) is 4.79 Å². The lowest BCUT2D eigenvalue weighted by atomic mass is 9.69. The molecule has 1 aliphatic carbocycles. The lowest BCUT2D eigenvalue weighted by molar-refractivity contribution is -0.128. The first-order valence-corrected chi connectivity index (χ1v) is 7.84. The molecule has 0 unspecified atom stereocenters. The van der Waals surface area contributed by atoms with E-state index >= 15 is 0 Å². The van der Waals surface area contributed by atoms with Gasteiger partial charge in [-0.05, 0) is 60.6 Å². The predicted octanol–water partition coefficient (Wildman–Crippen LogP) is 5.10. The van der Waals surface area contributed by atoms with Gasteiger partial charge in [0.15, 0.2) is 0 Å². The summed E-state index contributed by atoms with van der Waals surface area (Å²) in [5.41, 5.74) is 1.79. The highest BCUT2D eigenvalue weighted by molar-refractivity contribution is 5.83. The third kappa shape index (κ3) is 4.20.